The topological polar surface area (TPSA) is 61.6 Å². The summed E-state index contributed by atoms with van der Waals surface area (Å²) in [7, 11) is 0. The van der Waals surface area contributed by atoms with Crippen molar-refractivity contribution in [2.75, 3.05) is 5.32 Å². The van der Waals surface area contributed by atoms with Gasteiger partial charge in [0.1, 0.15) is 22.3 Å². The number of benzene rings is 1. The van der Waals surface area contributed by atoms with E-state index in [9.17, 15) is 5.26 Å². The SMILES string of the molecule is Cc1cccc(Nc2cc(Br)nc(C(C)C)n2)c1C#N. The Kier molecular flexibility index (Phi) is 4.35. The van der Waals surface area contributed by atoms with E-state index < -0.39 is 0 Å². The lowest BCUT2D eigenvalue weighted by atomic mass is 10.1. The lowest BCUT2D eigenvalue weighted by Crippen LogP contribution is -2.03. The number of hydrogen-bond acceptors (Lipinski definition) is 4. The van der Waals surface area contributed by atoms with Gasteiger partial charge in [-0.3, -0.25) is 0 Å². The molecule has 2 aromatic rings. The van der Waals surface area contributed by atoms with Gasteiger partial charge in [-0.1, -0.05) is 26.0 Å². The molecule has 2 rings (SSSR count). The molecule has 0 spiro atoms. The molecule has 1 heterocycles. The lowest BCUT2D eigenvalue weighted by molar-refractivity contribution is 0.771. The van der Waals surface area contributed by atoms with Gasteiger partial charge >= 0.3 is 0 Å². The molecule has 1 N–H and O–H groups in total. The Balaban J connectivity index is 2.41. The first-order chi connectivity index (χ1) is 9.51. The average Bonchev–Trinajstić information content (AvgIpc) is 2.38. The molecule has 1 aromatic carbocycles. The largest absolute Gasteiger partial charge is 0.339 e. The van der Waals surface area contributed by atoms with E-state index in [0.717, 1.165) is 21.7 Å². The Hall–Kier alpha value is -1.93. The van der Waals surface area contributed by atoms with E-state index >= 15 is 0 Å². The minimum absolute atomic E-state index is 0.237. The van der Waals surface area contributed by atoms with Gasteiger partial charge in [0, 0.05) is 12.0 Å². The van der Waals surface area contributed by atoms with Crippen LogP contribution in [0.5, 0.6) is 0 Å². The molecule has 0 saturated carbocycles. The quantitative estimate of drug-likeness (QED) is 0.853. The highest BCUT2D eigenvalue weighted by atomic mass is 79.9. The van der Waals surface area contributed by atoms with Crippen molar-refractivity contribution in [1.82, 2.24) is 9.97 Å². The van der Waals surface area contributed by atoms with Gasteiger partial charge < -0.3 is 5.32 Å². The maximum atomic E-state index is 9.24. The molecule has 0 aliphatic heterocycles. The smallest absolute Gasteiger partial charge is 0.135 e. The second-order valence-electron chi connectivity index (χ2n) is 4.82. The van der Waals surface area contributed by atoms with Crippen LogP contribution in [-0.4, -0.2) is 9.97 Å². The highest BCUT2D eigenvalue weighted by Gasteiger charge is 2.09. The molecule has 102 valence electrons. The molecule has 1 aromatic heterocycles. The van der Waals surface area contributed by atoms with Gasteiger partial charge in [0.15, 0.2) is 0 Å². The molecular formula is C15H15BrN4. The third-order valence-electron chi connectivity index (χ3n) is 2.88. The van der Waals surface area contributed by atoms with E-state index in [1.807, 2.05) is 39.0 Å². The molecule has 20 heavy (non-hydrogen) atoms. The Bertz CT molecular complexity index is 674. The van der Waals surface area contributed by atoms with E-state index in [1.165, 1.54) is 0 Å². The number of nitrogens with zero attached hydrogens (tertiary/aromatic N) is 3. The number of aromatic nitrogens is 2. The minimum atomic E-state index is 0.237. The molecule has 0 fully saturated rings. The van der Waals surface area contributed by atoms with Crippen LogP contribution in [0, 0.1) is 18.3 Å². The number of rotatable bonds is 3. The Morgan fingerprint density at radius 2 is 2.05 bits per heavy atom. The van der Waals surface area contributed by atoms with Crippen LogP contribution in [0.4, 0.5) is 11.5 Å². The summed E-state index contributed by atoms with van der Waals surface area (Å²) in [5.74, 6) is 1.67. The molecule has 0 radical (unpaired) electrons. The molecule has 4 nitrogen and oxygen atoms in total. The summed E-state index contributed by atoms with van der Waals surface area (Å²) in [6.45, 7) is 6.00. The third kappa shape index (κ3) is 3.14. The fraction of sp³-hybridized carbons (Fsp3) is 0.267. The number of hydrogen-bond donors (Lipinski definition) is 1. The molecule has 0 bridgehead atoms. The summed E-state index contributed by atoms with van der Waals surface area (Å²) in [4.78, 5) is 8.81. The summed E-state index contributed by atoms with van der Waals surface area (Å²) in [5, 5.41) is 12.4. The van der Waals surface area contributed by atoms with Crippen molar-refractivity contribution >= 4 is 27.4 Å². The fourth-order valence-electron chi connectivity index (χ4n) is 1.82. The molecular weight excluding hydrogens is 316 g/mol. The van der Waals surface area contributed by atoms with Gasteiger partial charge in [-0.15, -0.1) is 0 Å². The normalized spacial score (nSPS) is 10.4. The zero-order valence-electron chi connectivity index (χ0n) is 11.6. The van der Waals surface area contributed by atoms with Crippen molar-refractivity contribution < 1.29 is 0 Å². The van der Waals surface area contributed by atoms with Gasteiger partial charge in [0.25, 0.3) is 0 Å². The highest BCUT2D eigenvalue weighted by molar-refractivity contribution is 9.10. The second kappa shape index (κ2) is 6.02. The van der Waals surface area contributed by atoms with Crippen LogP contribution < -0.4 is 5.32 Å². The molecule has 5 heteroatoms. The Morgan fingerprint density at radius 1 is 1.30 bits per heavy atom. The van der Waals surface area contributed by atoms with Crippen LogP contribution in [-0.2, 0) is 0 Å². The molecule has 0 aliphatic rings. The summed E-state index contributed by atoms with van der Waals surface area (Å²) in [5.41, 5.74) is 2.33. The first kappa shape index (κ1) is 14.5. The average molecular weight is 331 g/mol. The molecule has 0 aliphatic carbocycles. The Morgan fingerprint density at radius 3 is 2.70 bits per heavy atom. The summed E-state index contributed by atoms with van der Waals surface area (Å²) < 4.78 is 0.727. The Labute approximate surface area is 127 Å². The van der Waals surface area contributed by atoms with Crippen LogP contribution in [0.2, 0.25) is 0 Å². The first-order valence-electron chi connectivity index (χ1n) is 6.32. The van der Waals surface area contributed by atoms with Crippen molar-refractivity contribution in [3.8, 4) is 6.07 Å². The maximum absolute atomic E-state index is 9.24. The van der Waals surface area contributed by atoms with Crippen molar-refractivity contribution in [3.63, 3.8) is 0 Å². The van der Waals surface area contributed by atoms with Crippen LogP contribution >= 0.6 is 15.9 Å². The van der Waals surface area contributed by atoms with Gasteiger partial charge in [-0.05, 0) is 34.5 Å². The maximum Gasteiger partial charge on any atom is 0.135 e. The van der Waals surface area contributed by atoms with Gasteiger partial charge in [-0.2, -0.15) is 5.26 Å². The summed E-state index contributed by atoms with van der Waals surface area (Å²) in [6.07, 6.45) is 0. The van der Waals surface area contributed by atoms with Crippen LogP contribution in [0.3, 0.4) is 0 Å². The summed E-state index contributed by atoms with van der Waals surface area (Å²) >= 11 is 3.39. The number of nitrogens with one attached hydrogen (secondary N) is 1. The third-order valence-corrected chi connectivity index (χ3v) is 3.28. The van der Waals surface area contributed by atoms with E-state index in [4.69, 9.17) is 0 Å². The van der Waals surface area contributed by atoms with Crippen molar-refractivity contribution in [1.29, 1.82) is 5.26 Å². The number of anilines is 2. The number of halogens is 1. The van der Waals surface area contributed by atoms with Crippen LogP contribution in [0.1, 0.15) is 36.7 Å². The van der Waals surface area contributed by atoms with Crippen LogP contribution in [0.15, 0.2) is 28.9 Å². The lowest BCUT2D eigenvalue weighted by Gasteiger charge is -2.11. The second-order valence-corrected chi connectivity index (χ2v) is 5.64. The zero-order valence-corrected chi connectivity index (χ0v) is 13.2. The molecule has 0 saturated heterocycles. The van der Waals surface area contributed by atoms with Crippen molar-refractivity contribution in [2.24, 2.45) is 0 Å². The van der Waals surface area contributed by atoms with E-state index in [2.05, 4.69) is 37.3 Å². The van der Waals surface area contributed by atoms with E-state index in [-0.39, 0.29) is 5.92 Å². The van der Waals surface area contributed by atoms with Gasteiger partial charge in [-0.25, -0.2) is 9.97 Å². The monoisotopic (exact) mass is 330 g/mol. The van der Waals surface area contributed by atoms with E-state index in [0.29, 0.717) is 11.4 Å². The first-order valence-corrected chi connectivity index (χ1v) is 7.11. The number of aryl methyl sites for hydroxylation is 1. The summed E-state index contributed by atoms with van der Waals surface area (Å²) in [6, 6.07) is 9.72. The van der Waals surface area contributed by atoms with Crippen molar-refractivity contribution in [2.45, 2.75) is 26.7 Å². The highest BCUT2D eigenvalue weighted by Crippen LogP contribution is 2.24. The van der Waals surface area contributed by atoms with Gasteiger partial charge in [0.2, 0.25) is 0 Å². The molecule has 0 amide bonds. The standard InChI is InChI=1S/C15H15BrN4/c1-9(2)15-19-13(16)7-14(20-15)18-12-6-4-5-10(3)11(12)8-17/h4-7,9H,1-3H3,(H,18,19,20). The van der Waals surface area contributed by atoms with Gasteiger partial charge in [0.05, 0.1) is 11.3 Å². The number of nitriles is 1. The predicted octanol–water partition coefficient (Wildman–Crippen LogP) is 4.29. The minimum Gasteiger partial charge on any atom is -0.339 e. The molecule has 0 atom stereocenters. The van der Waals surface area contributed by atoms with Crippen LogP contribution in [0.25, 0.3) is 0 Å². The van der Waals surface area contributed by atoms with E-state index in [1.54, 1.807) is 6.07 Å². The molecule has 0 unspecified atom stereocenters. The fourth-order valence-corrected chi connectivity index (χ4v) is 2.21. The van der Waals surface area contributed by atoms with Crippen molar-refractivity contribution in [3.05, 3.63) is 45.8 Å². The predicted molar refractivity (Wildman–Crippen MR) is 83.0 cm³/mol. The zero-order chi connectivity index (χ0) is 14.7.